The average Bonchev–Trinajstić information content (AvgIpc) is 2.36. The van der Waals surface area contributed by atoms with Gasteiger partial charge in [0.05, 0.1) is 5.41 Å². The summed E-state index contributed by atoms with van der Waals surface area (Å²) < 4.78 is 0. The van der Waals surface area contributed by atoms with Gasteiger partial charge in [0.15, 0.2) is 0 Å². The third kappa shape index (κ3) is 3.56. The van der Waals surface area contributed by atoms with Crippen LogP contribution >= 0.6 is 0 Å². The summed E-state index contributed by atoms with van der Waals surface area (Å²) in [6, 6.07) is 10.1. The van der Waals surface area contributed by atoms with Crippen LogP contribution in [0.2, 0.25) is 0 Å². The molecule has 0 saturated heterocycles. The van der Waals surface area contributed by atoms with Gasteiger partial charge in [-0.25, -0.2) is 0 Å². The van der Waals surface area contributed by atoms with E-state index in [0.29, 0.717) is 6.54 Å². The Hall–Kier alpha value is -1.35. The zero-order valence-corrected chi connectivity index (χ0v) is 11.1. The topological polar surface area (TPSA) is 41.1 Å². The van der Waals surface area contributed by atoms with Crippen LogP contribution in [0.1, 0.15) is 26.3 Å². The second-order valence-corrected chi connectivity index (χ2v) is 4.89. The molecule has 17 heavy (non-hydrogen) atoms. The molecule has 0 aliphatic heterocycles. The van der Waals surface area contributed by atoms with Gasteiger partial charge in [0, 0.05) is 12.6 Å². The summed E-state index contributed by atoms with van der Waals surface area (Å²) in [4.78, 5) is 12.1. The fraction of sp³-hybridized carbons (Fsp3) is 0.500. The Kier molecular flexibility index (Phi) is 4.70. The van der Waals surface area contributed by atoms with Gasteiger partial charge in [0.1, 0.15) is 0 Å². The van der Waals surface area contributed by atoms with Crippen LogP contribution in [0.5, 0.6) is 0 Å². The van der Waals surface area contributed by atoms with Crippen molar-refractivity contribution in [3.8, 4) is 0 Å². The highest BCUT2D eigenvalue weighted by Crippen LogP contribution is 2.22. The van der Waals surface area contributed by atoms with Crippen molar-refractivity contribution in [2.45, 2.75) is 32.2 Å². The highest BCUT2D eigenvalue weighted by molar-refractivity contribution is 5.87. The number of hydrogen-bond donors (Lipinski definition) is 2. The molecule has 0 heterocycles. The molecule has 0 spiro atoms. The van der Waals surface area contributed by atoms with Gasteiger partial charge in [-0.3, -0.25) is 4.79 Å². The molecule has 3 heteroatoms. The van der Waals surface area contributed by atoms with E-state index < -0.39 is 5.41 Å². The molecule has 0 aliphatic rings. The Labute approximate surface area is 104 Å². The number of amides is 1. The molecule has 0 fully saturated rings. The minimum Gasteiger partial charge on any atom is -0.354 e. The number of likely N-dealkylation sites (N-methyl/N-ethyl adjacent to an activating group) is 1. The second kappa shape index (κ2) is 5.82. The molecule has 3 nitrogen and oxygen atoms in total. The predicted molar refractivity (Wildman–Crippen MR) is 71.0 cm³/mol. The van der Waals surface area contributed by atoms with E-state index in [0.717, 1.165) is 5.56 Å². The summed E-state index contributed by atoms with van der Waals surface area (Å²) in [6.45, 7) is 6.57. The summed E-state index contributed by atoms with van der Waals surface area (Å²) in [5.41, 5.74) is 0.545. The molecule has 0 aromatic heterocycles. The van der Waals surface area contributed by atoms with Crippen molar-refractivity contribution in [2.24, 2.45) is 0 Å². The van der Waals surface area contributed by atoms with Crippen LogP contribution in [0.3, 0.4) is 0 Å². The average molecular weight is 234 g/mol. The van der Waals surface area contributed by atoms with Crippen molar-refractivity contribution < 1.29 is 4.79 Å². The Morgan fingerprint density at radius 3 is 2.41 bits per heavy atom. The molecule has 0 saturated carbocycles. The largest absolute Gasteiger partial charge is 0.354 e. The molecule has 1 amide bonds. The summed E-state index contributed by atoms with van der Waals surface area (Å²) in [6.07, 6.45) is 0. The number of nitrogens with one attached hydrogen (secondary N) is 2. The second-order valence-electron chi connectivity index (χ2n) is 4.89. The predicted octanol–water partition coefficient (Wildman–Crippen LogP) is 1.69. The quantitative estimate of drug-likeness (QED) is 0.814. The van der Waals surface area contributed by atoms with Crippen LogP contribution in [0.15, 0.2) is 30.3 Å². The first-order valence-electron chi connectivity index (χ1n) is 5.99. The first kappa shape index (κ1) is 13.7. The molecular formula is C14H22N2O. The van der Waals surface area contributed by atoms with Crippen LogP contribution in [0.25, 0.3) is 0 Å². The summed E-state index contributed by atoms with van der Waals surface area (Å²) in [5.74, 6) is 0.0609. The van der Waals surface area contributed by atoms with Crippen LogP contribution in [-0.2, 0) is 10.2 Å². The molecule has 1 atom stereocenters. The van der Waals surface area contributed by atoms with E-state index in [1.807, 2.05) is 58.2 Å². The fourth-order valence-electron chi connectivity index (χ4n) is 1.55. The van der Waals surface area contributed by atoms with Gasteiger partial charge in [0.25, 0.3) is 0 Å². The normalized spacial score (nSPS) is 13.2. The van der Waals surface area contributed by atoms with Gasteiger partial charge in [0.2, 0.25) is 5.91 Å². The number of hydrogen-bond acceptors (Lipinski definition) is 2. The maximum absolute atomic E-state index is 12.1. The lowest BCUT2D eigenvalue weighted by molar-refractivity contribution is -0.125. The van der Waals surface area contributed by atoms with Crippen LogP contribution in [0, 0.1) is 0 Å². The Balaban J connectivity index is 2.67. The Bertz CT molecular complexity index is 360. The van der Waals surface area contributed by atoms with E-state index in [1.165, 1.54) is 0 Å². The minimum absolute atomic E-state index is 0.0609. The van der Waals surface area contributed by atoms with Gasteiger partial charge >= 0.3 is 0 Å². The molecular weight excluding hydrogens is 212 g/mol. The molecule has 94 valence electrons. The van der Waals surface area contributed by atoms with E-state index in [9.17, 15) is 4.79 Å². The van der Waals surface area contributed by atoms with E-state index in [2.05, 4.69) is 10.6 Å². The Morgan fingerprint density at radius 2 is 1.88 bits per heavy atom. The highest BCUT2D eigenvalue weighted by atomic mass is 16.2. The van der Waals surface area contributed by atoms with Crippen molar-refractivity contribution in [1.29, 1.82) is 0 Å². The van der Waals surface area contributed by atoms with Crippen molar-refractivity contribution >= 4 is 5.91 Å². The van der Waals surface area contributed by atoms with Gasteiger partial charge in [-0.2, -0.15) is 0 Å². The third-order valence-corrected chi connectivity index (χ3v) is 3.12. The lowest BCUT2D eigenvalue weighted by atomic mass is 9.84. The first-order valence-corrected chi connectivity index (χ1v) is 5.99. The zero-order valence-electron chi connectivity index (χ0n) is 11.1. The number of carbonyl (C=O) groups is 1. The number of carbonyl (C=O) groups excluding carboxylic acids is 1. The van der Waals surface area contributed by atoms with Gasteiger partial charge < -0.3 is 10.6 Å². The summed E-state index contributed by atoms with van der Waals surface area (Å²) >= 11 is 0. The molecule has 1 unspecified atom stereocenters. The van der Waals surface area contributed by atoms with Crippen LogP contribution in [0.4, 0.5) is 0 Å². The first-order chi connectivity index (χ1) is 7.98. The van der Waals surface area contributed by atoms with Gasteiger partial charge in [-0.05, 0) is 33.4 Å². The zero-order chi connectivity index (χ0) is 12.9. The lowest BCUT2D eigenvalue weighted by Crippen LogP contribution is -2.45. The maximum atomic E-state index is 12.1. The number of benzene rings is 1. The maximum Gasteiger partial charge on any atom is 0.230 e. The van der Waals surface area contributed by atoms with Crippen molar-refractivity contribution in [1.82, 2.24) is 10.6 Å². The Morgan fingerprint density at radius 1 is 1.29 bits per heavy atom. The molecule has 1 aromatic carbocycles. The van der Waals surface area contributed by atoms with Crippen molar-refractivity contribution in [3.63, 3.8) is 0 Å². The lowest BCUT2D eigenvalue weighted by Gasteiger charge is -2.25. The van der Waals surface area contributed by atoms with E-state index in [1.54, 1.807) is 0 Å². The van der Waals surface area contributed by atoms with E-state index >= 15 is 0 Å². The SMILES string of the molecule is CNC(C)CNC(=O)C(C)(C)c1ccccc1. The van der Waals surface area contributed by atoms with Gasteiger partial charge in [-0.15, -0.1) is 0 Å². The molecule has 1 rings (SSSR count). The smallest absolute Gasteiger partial charge is 0.230 e. The summed E-state index contributed by atoms with van der Waals surface area (Å²) in [5, 5.41) is 6.07. The number of rotatable bonds is 5. The molecule has 1 aromatic rings. The van der Waals surface area contributed by atoms with Crippen molar-refractivity contribution in [3.05, 3.63) is 35.9 Å². The monoisotopic (exact) mass is 234 g/mol. The van der Waals surface area contributed by atoms with Crippen LogP contribution < -0.4 is 10.6 Å². The van der Waals surface area contributed by atoms with E-state index in [4.69, 9.17) is 0 Å². The molecule has 0 aliphatic carbocycles. The summed E-state index contributed by atoms with van der Waals surface area (Å²) in [7, 11) is 1.89. The van der Waals surface area contributed by atoms with Crippen LogP contribution in [-0.4, -0.2) is 25.5 Å². The molecule has 0 bridgehead atoms. The fourth-order valence-corrected chi connectivity index (χ4v) is 1.55. The minimum atomic E-state index is -0.491. The molecule has 2 N–H and O–H groups in total. The highest BCUT2D eigenvalue weighted by Gasteiger charge is 2.29. The van der Waals surface area contributed by atoms with Crippen molar-refractivity contribution in [2.75, 3.05) is 13.6 Å². The third-order valence-electron chi connectivity index (χ3n) is 3.12. The van der Waals surface area contributed by atoms with Gasteiger partial charge in [-0.1, -0.05) is 30.3 Å². The standard InChI is InChI=1S/C14H22N2O/c1-11(15-4)10-16-13(17)14(2,3)12-8-6-5-7-9-12/h5-9,11,15H,10H2,1-4H3,(H,16,17). The molecule has 0 radical (unpaired) electrons. The van der Waals surface area contributed by atoms with E-state index in [-0.39, 0.29) is 11.9 Å².